The molecule has 7 heavy (non-hydrogen) atoms. The molecule has 0 saturated carbocycles. The first kappa shape index (κ1) is 6.75. The average molecular weight is 113 g/mol. The predicted octanol–water partition coefficient (Wildman–Crippen LogP) is 0.298. The molecule has 0 aliphatic carbocycles. The van der Waals surface area contributed by atoms with Gasteiger partial charge in [-0.05, 0) is 6.10 Å². The largest absolute Gasteiger partial charge is 0.846 e. The van der Waals surface area contributed by atoms with E-state index >= 15 is 0 Å². The second-order valence-electron chi connectivity index (χ2n) is 1.18. The minimum absolute atomic E-state index is 0.569. The standard InChI is InChI=1S/C3H4F3O/c1-2(7)3(4,5)6/h2H,1H3/q-1. The lowest BCUT2D eigenvalue weighted by atomic mass is 10.4. The van der Waals surface area contributed by atoms with Gasteiger partial charge in [0.25, 0.3) is 0 Å². The van der Waals surface area contributed by atoms with Gasteiger partial charge < -0.3 is 5.11 Å². The van der Waals surface area contributed by atoms with Gasteiger partial charge in [-0.1, -0.05) is 6.92 Å². The number of alkyl halides is 3. The second kappa shape index (κ2) is 1.69. The maximum atomic E-state index is 10.9. The summed E-state index contributed by atoms with van der Waals surface area (Å²) in [6, 6.07) is 0. The first-order chi connectivity index (χ1) is 2.94. The average Bonchev–Trinajstić information content (AvgIpc) is 1.31. The van der Waals surface area contributed by atoms with Crippen LogP contribution in [0.25, 0.3) is 0 Å². The number of halogens is 3. The van der Waals surface area contributed by atoms with Gasteiger partial charge in [0, 0.05) is 0 Å². The van der Waals surface area contributed by atoms with Gasteiger partial charge in [-0.15, -0.1) is 0 Å². The van der Waals surface area contributed by atoms with Crippen molar-refractivity contribution in [3.05, 3.63) is 0 Å². The normalized spacial score (nSPS) is 16.7. The lowest BCUT2D eigenvalue weighted by Crippen LogP contribution is -2.37. The van der Waals surface area contributed by atoms with Crippen LogP contribution in [0.4, 0.5) is 13.2 Å². The lowest BCUT2D eigenvalue weighted by Gasteiger charge is -2.18. The molecule has 0 aromatic carbocycles. The summed E-state index contributed by atoms with van der Waals surface area (Å²) in [5.41, 5.74) is 0. The van der Waals surface area contributed by atoms with Crippen LogP contribution >= 0.6 is 0 Å². The van der Waals surface area contributed by atoms with E-state index in [2.05, 4.69) is 0 Å². The van der Waals surface area contributed by atoms with Crippen molar-refractivity contribution in [3.8, 4) is 0 Å². The van der Waals surface area contributed by atoms with Crippen molar-refractivity contribution in [1.29, 1.82) is 0 Å². The Morgan fingerprint density at radius 2 is 1.57 bits per heavy atom. The van der Waals surface area contributed by atoms with E-state index in [0.717, 1.165) is 0 Å². The van der Waals surface area contributed by atoms with Crippen LogP contribution in [0.5, 0.6) is 0 Å². The Balaban J connectivity index is 3.54. The third-order valence-electron chi connectivity index (χ3n) is 0.461. The van der Waals surface area contributed by atoms with Crippen LogP contribution in [-0.4, -0.2) is 12.3 Å². The third kappa shape index (κ3) is 2.45. The number of hydrogen-bond donors (Lipinski definition) is 0. The van der Waals surface area contributed by atoms with Gasteiger partial charge in [-0.2, -0.15) is 13.2 Å². The molecule has 0 heterocycles. The highest BCUT2D eigenvalue weighted by Crippen LogP contribution is 2.16. The Bertz CT molecular complexity index is 55.7. The molecular formula is C3H4F3O-. The fraction of sp³-hybridized carbons (Fsp3) is 1.00. The van der Waals surface area contributed by atoms with Crippen molar-refractivity contribution in [1.82, 2.24) is 0 Å². The van der Waals surface area contributed by atoms with E-state index < -0.39 is 12.3 Å². The highest BCUT2D eigenvalue weighted by atomic mass is 19.4. The van der Waals surface area contributed by atoms with E-state index in [9.17, 15) is 18.3 Å². The first-order valence-corrected chi connectivity index (χ1v) is 1.67. The van der Waals surface area contributed by atoms with Crippen LogP contribution in [0.2, 0.25) is 0 Å². The van der Waals surface area contributed by atoms with E-state index in [1.165, 1.54) is 0 Å². The van der Waals surface area contributed by atoms with Gasteiger partial charge >= 0.3 is 6.18 Å². The van der Waals surface area contributed by atoms with E-state index in [1.807, 2.05) is 0 Å². The molecule has 0 fully saturated rings. The predicted molar refractivity (Wildman–Crippen MR) is 15.5 cm³/mol. The Morgan fingerprint density at radius 1 is 1.43 bits per heavy atom. The Labute approximate surface area is 38.8 Å². The lowest BCUT2D eigenvalue weighted by molar-refractivity contribution is -0.474. The topological polar surface area (TPSA) is 23.1 Å². The molecule has 0 aromatic rings. The molecule has 0 aliphatic rings. The van der Waals surface area contributed by atoms with Crippen molar-refractivity contribution < 1.29 is 18.3 Å². The molecular weight excluding hydrogens is 109 g/mol. The second-order valence-corrected chi connectivity index (χ2v) is 1.18. The molecule has 0 saturated heterocycles. The van der Waals surface area contributed by atoms with Crippen molar-refractivity contribution in [2.24, 2.45) is 0 Å². The number of rotatable bonds is 0. The Kier molecular flexibility index (Phi) is 1.63. The van der Waals surface area contributed by atoms with E-state index in [-0.39, 0.29) is 0 Å². The third-order valence-corrected chi connectivity index (χ3v) is 0.461. The minimum Gasteiger partial charge on any atom is -0.846 e. The van der Waals surface area contributed by atoms with Crippen LogP contribution in [0.1, 0.15) is 6.92 Å². The van der Waals surface area contributed by atoms with Crippen molar-refractivity contribution >= 4 is 0 Å². The summed E-state index contributed by atoms with van der Waals surface area (Å²) < 4.78 is 32.6. The van der Waals surface area contributed by atoms with Gasteiger partial charge in [0.2, 0.25) is 0 Å². The maximum Gasteiger partial charge on any atom is 0.376 e. The zero-order valence-electron chi connectivity index (χ0n) is 3.62. The van der Waals surface area contributed by atoms with Gasteiger partial charge in [0.05, 0.1) is 0 Å². The van der Waals surface area contributed by atoms with Crippen LogP contribution < -0.4 is 5.11 Å². The molecule has 1 atom stereocenters. The van der Waals surface area contributed by atoms with Crippen LogP contribution in [-0.2, 0) is 0 Å². The molecule has 44 valence electrons. The smallest absolute Gasteiger partial charge is 0.376 e. The summed E-state index contributed by atoms with van der Waals surface area (Å²) in [5, 5.41) is 9.42. The number of hydrogen-bond acceptors (Lipinski definition) is 1. The molecule has 0 aromatic heterocycles. The van der Waals surface area contributed by atoms with Gasteiger partial charge in [0.1, 0.15) is 0 Å². The zero-order valence-corrected chi connectivity index (χ0v) is 3.62. The highest BCUT2D eigenvalue weighted by Gasteiger charge is 2.26. The fourth-order valence-corrected chi connectivity index (χ4v) is 0. The van der Waals surface area contributed by atoms with Crippen LogP contribution in [0.3, 0.4) is 0 Å². The minimum atomic E-state index is -4.56. The van der Waals surface area contributed by atoms with Gasteiger partial charge in [0.15, 0.2) is 0 Å². The molecule has 0 aliphatic heterocycles. The molecule has 0 radical (unpaired) electrons. The van der Waals surface area contributed by atoms with Gasteiger partial charge in [-0.25, -0.2) is 0 Å². The summed E-state index contributed by atoms with van der Waals surface area (Å²) >= 11 is 0. The van der Waals surface area contributed by atoms with E-state index in [0.29, 0.717) is 6.92 Å². The molecule has 0 rings (SSSR count). The Morgan fingerprint density at radius 3 is 1.57 bits per heavy atom. The van der Waals surface area contributed by atoms with E-state index in [4.69, 9.17) is 0 Å². The summed E-state index contributed by atoms with van der Waals surface area (Å²) in [6.07, 6.45) is -7.01. The molecule has 1 unspecified atom stereocenters. The Hall–Kier alpha value is -0.250. The molecule has 0 spiro atoms. The fourth-order valence-electron chi connectivity index (χ4n) is 0. The molecule has 0 amide bonds. The van der Waals surface area contributed by atoms with Crippen LogP contribution in [0, 0.1) is 0 Å². The van der Waals surface area contributed by atoms with E-state index in [1.54, 1.807) is 0 Å². The van der Waals surface area contributed by atoms with Crippen molar-refractivity contribution in [2.45, 2.75) is 19.2 Å². The summed E-state index contributed by atoms with van der Waals surface area (Å²) in [5.74, 6) is 0. The molecule has 0 N–H and O–H groups in total. The zero-order chi connectivity index (χ0) is 6.08. The van der Waals surface area contributed by atoms with Gasteiger partial charge in [-0.3, -0.25) is 0 Å². The highest BCUT2D eigenvalue weighted by molar-refractivity contribution is 4.53. The summed E-state index contributed by atoms with van der Waals surface area (Å²) in [7, 11) is 0. The molecule has 4 heteroatoms. The molecule has 0 bridgehead atoms. The first-order valence-electron chi connectivity index (χ1n) is 1.67. The van der Waals surface area contributed by atoms with Crippen molar-refractivity contribution in [2.75, 3.05) is 0 Å². The maximum absolute atomic E-state index is 10.9. The summed E-state index contributed by atoms with van der Waals surface area (Å²) in [4.78, 5) is 0. The van der Waals surface area contributed by atoms with Crippen LogP contribution in [0.15, 0.2) is 0 Å². The quantitative estimate of drug-likeness (QED) is 0.443. The SMILES string of the molecule is CC([O-])C(F)(F)F. The van der Waals surface area contributed by atoms with Crippen molar-refractivity contribution in [3.63, 3.8) is 0 Å². The summed E-state index contributed by atoms with van der Waals surface area (Å²) in [6.45, 7) is 0.569. The monoisotopic (exact) mass is 113 g/mol. The molecule has 1 nitrogen and oxygen atoms in total.